The van der Waals surface area contributed by atoms with Gasteiger partial charge in [-0.1, -0.05) is 48.2 Å². The molecule has 1 aliphatic heterocycles. The number of rotatable bonds is 4. The Morgan fingerprint density at radius 2 is 1.83 bits per heavy atom. The van der Waals surface area contributed by atoms with Crippen molar-refractivity contribution in [3.63, 3.8) is 0 Å². The summed E-state index contributed by atoms with van der Waals surface area (Å²) in [7, 11) is 1.76. The van der Waals surface area contributed by atoms with Crippen LogP contribution in [0.1, 0.15) is 12.5 Å². The quantitative estimate of drug-likeness (QED) is 0.477. The van der Waals surface area contributed by atoms with Crippen LogP contribution in [0.4, 0.5) is 5.69 Å². The van der Waals surface area contributed by atoms with Gasteiger partial charge in [-0.25, -0.2) is 9.67 Å². The third-order valence-corrected chi connectivity index (χ3v) is 6.40. The summed E-state index contributed by atoms with van der Waals surface area (Å²) in [6, 6.07) is 18.9. The van der Waals surface area contributed by atoms with Crippen molar-refractivity contribution in [3.05, 3.63) is 77.2 Å². The Hall–Kier alpha value is -3.39. The largest absolute Gasteiger partial charge is 0.315 e. The van der Waals surface area contributed by atoms with E-state index in [4.69, 9.17) is 4.98 Å². The van der Waals surface area contributed by atoms with Crippen LogP contribution >= 0.6 is 11.8 Å². The van der Waals surface area contributed by atoms with Crippen LogP contribution in [-0.4, -0.2) is 38.0 Å². The van der Waals surface area contributed by atoms with Crippen LogP contribution in [0.5, 0.6) is 0 Å². The highest BCUT2D eigenvalue weighted by Gasteiger charge is 2.30. The number of anilines is 1. The number of thioether (sulfide) groups is 1. The third-order valence-electron chi connectivity index (χ3n) is 5.30. The second kappa shape index (κ2) is 7.46. The second-order valence-electron chi connectivity index (χ2n) is 7.16. The van der Waals surface area contributed by atoms with Gasteiger partial charge < -0.3 is 4.90 Å². The fraction of sp³-hybridized carbons (Fsp3) is 0.182. The van der Waals surface area contributed by atoms with Crippen LogP contribution in [0.25, 0.3) is 16.7 Å². The van der Waals surface area contributed by atoms with Crippen LogP contribution in [0, 0.1) is 0 Å². The average molecular weight is 417 g/mol. The first-order chi connectivity index (χ1) is 14.6. The number of para-hydroxylation sites is 2. The lowest BCUT2D eigenvalue weighted by Crippen LogP contribution is -2.32. The van der Waals surface area contributed by atoms with Gasteiger partial charge in [-0.2, -0.15) is 5.10 Å². The van der Waals surface area contributed by atoms with E-state index in [-0.39, 0.29) is 23.9 Å². The molecule has 0 spiro atoms. The molecule has 0 radical (unpaired) electrons. The predicted molar refractivity (Wildman–Crippen MR) is 117 cm³/mol. The standard InChI is InChI=1S/C22H19N5O2S/c1-25(15-8-4-2-5-9-15)19(28)12-17-14-30-22-24-20-18(21(29)26(17)22)13-23-27(20)16-10-6-3-7-11-16/h2-11,13,17H,12,14H2,1H3/t17-/m1/s1. The highest BCUT2D eigenvalue weighted by molar-refractivity contribution is 7.99. The number of carbonyl (C=O) groups excluding carboxylic acids is 1. The molecule has 0 bridgehead atoms. The van der Waals surface area contributed by atoms with E-state index in [2.05, 4.69) is 5.10 Å². The van der Waals surface area contributed by atoms with Gasteiger partial charge in [-0.3, -0.25) is 14.2 Å². The minimum absolute atomic E-state index is 0.0355. The molecule has 150 valence electrons. The van der Waals surface area contributed by atoms with E-state index in [1.807, 2.05) is 60.7 Å². The summed E-state index contributed by atoms with van der Waals surface area (Å²) >= 11 is 1.50. The van der Waals surface area contributed by atoms with Crippen LogP contribution in [0.2, 0.25) is 0 Å². The summed E-state index contributed by atoms with van der Waals surface area (Å²) < 4.78 is 3.33. The molecular weight excluding hydrogens is 398 g/mol. The molecule has 0 aliphatic carbocycles. The molecule has 4 aromatic rings. The smallest absolute Gasteiger partial charge is 0.265 e. The Balaban J connectivity index is 1.48. The molecule has 0 unspecified atom stereocenters. The maximum Gasteiger partial charge on any atom is 0.265 e. The van der Waals surface area contributed by atoms with Crippen molar-refractivity contribution in [2.75, 3.05) is 17.7 Å². The number of amides is 1. The van der Waals surface area contributed by atoms with Gasteiger partial charge in [0.1, 0.15) is 5.39 Å². The first-order valence-electron chi connectivity index (χ1n) is 9.63. The molecule has 0 N–H and O–H groups in total. The summed E-state index contributed by atoms with van der Waals surface area (Å²) in [6.45, 7) is 0. The van der Waals surface area contributed by atoms with Crippen LogP contribution < -0.4 is 10.5 Å². The van der Waals surface area contributed by atoms with E-state index in [9.17, 15) is 9.59 Å². The Morgan fingerprint density at radius 3 is 2.57 bits per heavy atom. The van der Waals surface area contributed by atoms with E-state index in [0.29, 0.717) is 21.9 Å². The zero-order valence-electron chi connectivity index (χ0n) is 16.3. The molecule has 1 aliphatic rings. The van der Waals surface area contributed by atoms with Crippen LogP contribution in [0.3, 0.4) is 0 Å². The monoisotopic (exact) mass is 417 g/mol. The van der Waals surface area contributed by atoms with Crippen molar-refractivity contribution < 1.29 is 4.79 Å². The van der Waals surface area contributed by atoms with Gasteiger partial charge in [0, 0.05) is 24.9 Å². The number of benzene rings is 2. The molecule has 0 saturated carbocycles. The second-order valence-corrected chi connectivity index (χ2v) is 8.14. The Morgan fingerprint density at radius 1 is 1.13 bits per heavy atom. The number of carbonyl (C=O) groups is 1. The number of fused-ring (bicyclic) bond motifs is 2. The summed E-state index contributed by atoms with van der Waals surface area (Å²) in [5.41, 5.74) is 2.07. The first kappa shape index (κ1) is 18.6. The normalized spacial score (nSPS) is 15.3. The van der Waals surface area contributed by atoms with Crippen molar-refractivity contribution in [3.8, 4) is 5.69 Å². The SMILES string of the molecule is CN(C(=O)C[C@@H]1CSc2nc3c(cnn3-c3ccccc3)c(=O)n21)c1ccccc1. The molecule has 0 fully saturated rings. The van der Waals surface area contributed by atoms with Gasteiger partial charge in [-0.05, 0) is 24.3 Å². The molecule has 3 heterocycles. The zero-order chi connectivity index (χ0) is 20.7. The van der Waals surface area contributed by atoms with E-state index in [0.717, 1.165) is 11.4 Å². The fourth-order valence-electron chi connectivity index (χ4n) is 3.67. The van der Waals surface area contributed by atoms with Gasteiger partial charge in [-0.15, -0.1) is 0 Å². The lowest BCUT2D eigenvalue weighted by molar-refractivity contribution is -0.119. The third kappa shape index (κ3) is 3.09. The number of aromatic nitrogens is 4. The van der Waals surface area contributed by atoms with Gasteiger partial charge >= 0.3 is 0 Å². The predicted octanol–water partition coefficient (Wildman–Crippen LogP) is 3.28. The topological polar surface area (TPSA) is 73.0 Å². The highest BCUT2D eigenvalue weighted by Crippen LogP contribution is 2.34. The molecular formula is C22H19N5O2S. The number of nitrogens with zero attached hydrogens (tertiary/aromatic N) is 5. The van der Waals surface area contributed by atoms with Gasteiger partial charge in [0.05, 0.1) is 17.9 Å². The first-order valence-corrected chi connectivity index (χ1v) is 10.6. The molecule has 2 aromatic heterocycles. The van der Waals surface area contributed by atoms with Crippen LogP contribution in [0.15, 0.2) is 76.8 Å². The molecule has 0 saturated heterocycles. The van der Waals surface area contributed by atoms with Crippen molar-refractivity contribution in [2.24, 2.45) is 0 Å². The average Bonchev–Trinajstić information content (AvgIpc) is 3.39. The highest BCUT2D eigenvalue weighted by atomic mass is 32.2. The summed E-state index contributed by atoms with van der Waals surface area (Å²) in [5, 5.41) is 5.46. The number of hydrogen-bond donors (Lipinski definition) is 0. The lowest BCUT2D eigenvalue weighted by atomic mass is 10.2. The molecule has 1 atom stereocenters. The maximum atomic E-state index is 13.2. The van der Waals surface area contributed by atoms with E-state index >= 15 is 0 Å². The summed E-state index contributed by atoms with van der Waals surface area (Å²) in [5.74, 6) is 0.605. The van der Waals surface area contributed by atoms with Crippen LogP contribution in [-0.2, 0) is 4.79 Å². The Bertz CT molecular complexity index is 1280. The summed E-state index contributed by atoms with van der Waals surface area (Å²) in [6.07, 6.45) is 1.80. The van der Waals surface area contributed by atoms with E-state index in [1.165, 1.54) is 11.8 Å². The minimum Gasteiger partial charge on any atom is -0.315 e. The zero-order valence-corrected chi connectivity index (χ0v) is 17.1. The fourth-order valence-corrected chi connectivity index (χ4v) is 4.80. The molecule has 5 rings (SSSR count). The van der Waals surface area contributed by atoms with Gasteiger partial charge in [0.15, 0.2) is 10.8 Å². The van der Waals surface area contributed by atoms with Crippen molar-refractivity contribution in [1.29, 1.82) is 0 Å². The Labute approximate surface area is 177 Å². The van der Waals surface area contributed by atoms with Crippen molar-refractivity contribution in [1.82, 2.24) is 19.3 Å². The van der Waals surface area contributed by atoms with Crippen molar-refractivity contribution in [2.45, 2.75) is 17.6 Å². The van der Waals surface area contributed by atoms with Gasteiger partial charge in [0.25, 0.3) is 5.56 Å². The molecule has 7 nitrogen and oxygen atoms in total. The lowest BCUT2D eigenvalue weighted by Gasteiger charge is -2.20. The van der Waals surface area contributed by atoms with Crippen molar-refractivity contribution >= 4 is 34.4 Å². The molecule has 8 heteroatoms. The summed E-state index contributed by atoms with van der Waals surface area (Å²) in [4.78, 5) is 32.4. The minimum atomic E-state index is -0.229. The maximum absolute atomic E-state index is 13.2. The number of hydrogen-bond acceptors (Lipinski definition) is 5. The van der Waals surface area contributed by atoms with Gasteiger partial charge in [0.2, 0.25) is 5.91 Å². The molecule has 1 amide bonds. The Kier molecular flexibility index (Phi) is 4.63. The molecule has 2 aromatic carbocycles. The van der Waals surface area contributed by atoms with E-state index < -0.39 is 0 Å². The van der Waals surface area contributed by atoms with E-state index in [1.54, 1.807) is 27.4 Å². The molecule has 30 heavy (non-hydrogen) atoms.